The number of nitrogens with zero attached hydrogens (tertiary/aromatic N) is 1. The molecule has 0 spiro atoms. The summed E-state index contributed by atoms with van der Waals surface area (Å²) in [6.07, 6.45) is 0. The molecule has 3 rings (SSSR count). The third-order valence-corrected chi connectivity index (χ3v) is 3.94. The van der Waals surface area contributed by atoms with Gasteiger partial charge in [-0.1, -0.05) is 22.0 Å². The number of halogens is 1. The monoisotopic (exact) mass is 346 g/mol. The summed E-state index contributed by atoms with van der Waals surface area (Å²) in [5.41, 5.74) is 4.00. The fourth-order valence-electron chi connectivity index (χ4n) is 2.31. The Bertz CT molecular complexity index is 770. The lowest BCUT2D eigenvalue weighted by molar-refractivity contribution is 0.356. The van der Waals surface area contributed by atoms with Crippen LogP contribution in [0, 0.1) is 6.92 Å². The topological polar surface area (TPSA) is 47.1 Å². The fraction of sp³-hybridized carbons (Fsp3) is 0.188. The number of nitrogens with one attached hydrogen (secondary N) is 1. The van der Waals surface area contributed by atoms with Crippen LogP contribution >= 0.6 is 15.9 Å². The molecule has 4 nitrogen and oxygen atoms in total. The van der Waals surface area contributed by atoms with Crippen LogP contribution in [-0.4, -0.2) is 24.2 Å². The zero-order valence-corrected chi connectivity index (χ0v) is 13.6. The Morgan fingerprint density at radius 3 is 2.48 bits per heavy atom. The minimum atomic E-state index is 0.675. The molecular formula is C16H15BrN2O2. The molecule has 0 aliphatic heterocycles. The van der Waals surface area contributed by atoms with Crippen molar-refractivity contribution < 1.29 is 9.47 Å². The van der Waals surface area contributed by atoms with Crippen molar-refractivity contribution >= 4 is 27.0 Å². The first kappa shape index (κ1) is 13.9. The highest BCUT2D eigenvalue weighted by atomic mass is 79.9. The van der Waals surface area contributed by atoms with Gasteiger partial charge in [-0.25, -0.2) is 4.98 Å². The molecule has 0 saturated heterocycles. The smallest absolute Gasteiger partial charge is 0.163 e. The first-order valence-electron chi connectivity index (χ1n) is 6.50. The first-order chi connectivity index (χ1) is 10.1. The van der Waals surface area contributed by atoms with Gasteiger partial charge in [0.25, 0.3) is 0 Å². The average Bonchev–Trinajstić information content (AvgIpc) is 2.90. The molecule has 0 atom stereocenters. The van der Waals surface area contributed by atoms with Gasteiger partial charge in [-0.05, 0) is 24.6 Å². The predicted octanol–water partition coefficient (Wildman–Crippen LogP) is 4.32. The maximum atomic E-state index is 5.32. The zero-order valence-electron chi connectivity index (χ0n) is 12.0. The molecular weight excluding hydrogens is 332 g/mol. The van der Waals surface area contributed by atoms with Gasteiger partial charge in [0, 0.05) is 22.2 Å². The number of H-pyrrole nitrogens is 1. The summed E-state index contributed by atoms with van der Waals surface area (Å²) in [7, 11) is 3.25. The van der Waals surface area contributed by atoms with Crippen molar-refractivity contribution in [2.45, 2.75) is 6.92 Å². The second kappa shape index (κ2) is 5.41. The third-order valence-electron chi connectivity index (χ3n) is 3.44. The van der Waals surface area contributed by atoms with Crippen LogP contribution in [0.4, 0.5) is 0 Å². The van der Waals surface area contributed by atoms with Crippen molar-refractivity contribution in [1.82, 2.24) is 9.97 Å². The largest absolute Gasteiger partial charge is 0.493 e. The molecule has 0 aliphatic rings. The maximum Gasteiger partial charge on any atom is 0.163 e. The van der Waals surface area contributed by atoms with E-state index in [9.17, 15) is 0 Å². The van der Waals surface area contributed by atoms with Crippen molar-refractivity contribution in [3.63, 3.8) is 0 Å². The van der Waals surface area contributed by atoms with E-state index in [1.54, 1.807) is 14.2 Å². The number of aromatic nitrogens is 2. The minimum absolute atomic E-state index is 0.675. The summed E-state index contributed by atoms with van der Waals surface area (Å²) < 4.78 is 11.7. The van der Waals surface area contributed by atoms with Crippen LogP contribution in [-0.2, 0) is 0 Å². The highest BCUT2D eigenvalue weighted by Crippen LogP contribution is 2.33. The highest BCUT2D eigenvalue weighted by molar-refractivity contribution is 9.10. The van der Waals surface area contributed by atoms with Gasteiger partial charge in [0.05, 0.1) is 25.3 Å². The van der Waals surface area contributed by atoms with Crippen molar-refractivity contribution in [2.75, 3.05) is 14.2 Å². The summed E-state index contributed by atoms with van der Waals surface area (Å²) in [6, 6.07) is 9.92. The molecule has 0 bridgehead atoms. The highest BCUT2D eigenvalue weighted by Gasteiger charge is 2.12. The molecule has 0 fully saturated rings. The lowest BCUT2D eigenvalue weighted by atomic mass is 10.1. The van der Waals surface area contributed by atoms with Crippen LogP contribution in [0.1, 0.15) is 5.56 Å². The fourth-order valence-corrected chi connectivity index (χ4v) is 2.67. The van der Waals surface area contributed by atoms with E-state index in [4.69, 9.17) is 9.47 Å². The molecule has 0 aliphatic carbocycles. The van der Waals surface area contributed by atoms with Crippen LogP contribution in [0.2, 0.25) is 0 Å². The van der Waals surface area contributed by atoms with Gasteiger partial charge in [-0.2, -0.15) is 0 Å². The molecule has 0 radical (unpaired) electrons. The number of methoxy groups -OCH3 is 2. The normalized spacial score (nSPS) is 10.9. The van der Waals surface area contributed by atoms with E-state index in [0.29, 0.717) is 11.5 Å². The molecule has 3 aromatic rings. The van der Waals surface area contributed by atoms with Crippen molar-refractivity contribution in [3.05, 3.63) is 40.4 Å². The Balaban J connectivity index is 2.19. The lowest BCUT2D eigenvalue weighted by Crippen LogP contribution is -1.89. The molecule has 0 amide bonds. The molecule has 0 unspecified atom stereocenters. The molecule has 108 valence electrons. The lowest BCUT2D eigenvalue weighted by Gasteiger charge is -2.06. The Morgan fingerprint density at radius 1 is 1.05 bits per heavy atom. The number of aryl methyl sites for hydroxylation is 1. The SMILES string of the molecule is COc1cc2nc(-c3cc(Br)ccc3C)[nH]c2cc1OC. The van der Waals surface area contributed by atoms with Gasteiger partial charge in [0.15, 0.2) is 11.5 Å². The van der Waals surface area contributed by atoms with E-state index in [2.05, 4.69) is 45.0 Å². The van der Waals surface area contributed by atoms with Crippen LogP contribution in [0.15, 0.2) is 34.8 Å². The summed E-state index contributed by atoms with van der Waals surface area (Å²) in [5.74, 6) is 2.19. The molecule has 5 heteroatoms. The predicted molar refractivity (Wildman–Crippen MR) is 87.1 cm³/mol. The van der Waals surface area contributed by atoms with E-state index < -0.39 is 0 Å². The second-order valence-corrected chi connectivity index (χ2v) is 5.68. The Morgan fingerprint density at radius 2 is 1.76 bits per heavy atom. The second-order valence-electron chi connectivity index (χ2n) is 4.77. The maximum absolute atomic E-state index is 5.32. The van der Waals surface area contributed by atoms with E-state index in [1.165, 1.54) is 0 Å². The number of benzene rings is 2. The summed E-state index contributed by atoms with van der Waals surface area (Å²) in [6.45, 7) is 2.07. The Kier molecular flexibility index (Phi) is 3.59. The number of fused-ring (bicyclic) bond motifs is 1. The standard InChI is InChI=1S/C16H15BrN2O2/c1-9-4-5-10(17)6-11(9)16-18-12-7-14(20-2)15(21-3)8-13(12)19-16/h4-8H,1-3H3,(H,18,19). The molecule has 0 saturated carbocycles. The average molecular weight is 347 g/mol. The van der Waals surface area contributed by atoms with Gasteiger partial charge >= 0.3 is 0 Å². The number of rotatable bonds is 3. The number of aromatic amines is 1. The summed E-state index contributed by atoms with van der Waals surface area (Å²) in [5, 5.41) is 0. The van der Waals surface area contributed by atoms with Crippen molar-refractivity contribution in [1.29, 1.82) is 0 Å². The van der Waals surface area contributed by atoms with Crippen LogP contribution in [0.5, 0.6) is 11.5 Å². The van der Waals surface area contributed by atoms with E-state index >= 15 is 0 Å². The number of ether oxygens (including phenoxy) is 2. The van der Waals surface area contributed by atoms with Gasteiger partial charge in [-0.15, -0.1) is 0 Å². The zero-order chi connectivity index (χ0) is 15.0. The molecule has 1 aromatic heterocycles. The van der Waals surface area contributed by atoms with Crippen molar-refractivity contribution in [2.24, 2.45) is 0 Å². The number of hydrogen-bond donors (Lipinski definition) is 1. The van der Waals surface area contributed by atoms with Crippen LogP contribution < -0.4 is 9.47 Å². The van der Waals surface area contributed by atoms with Gasteiger partial charge in [0.2, 0.25) is 0 Å². The molecule has 2 aromatic carbocycles. The van der Waals surface area contributed by atoms with Crippen molar-refractivity contribution in [3.8, 4) is 22.9 Å². The quantitative estimate of drug-likeness (QED) is 0.768. The summed E-state index contributed by atoms with van der Waals surface area (Å²) in [4.78, 5) is 8.00. The van der Waals surface area contributed by atoms with Gasteiger partial charge in [-0.3, -0.25) is 0 Å². The first-order valence-corrected chi connectivity index (χ1v) is 7.30. The van der Waals surface area contributed by atoms with E-state index in [-0.39, 0.29) is 0 Å². The van der Waals surface area contributed by atoms with Gasteiger partial charge in [0.1, 0.15) is 5.82 Å². The van der Waals surface area contributed by atoms with E-state index in [0.717, 1.165) is 32.5 Å². The third kappa shape index (κ3) is 2.49. The molecule has 21 heavy (non-hydrogen) atoms. The molecule has 1 heterocycles. The van der Waals surface area contributed by atoms with E-state index in [1.807, 2.05) is 18.2 Å². The Hall–Kier alpha value is -2.01. The van der Waals surface area contributed by atoms with Gasteiger partial charge < -0.3 is 14.5 Å². The Labute approximate surface area is 131 Å². The number of imidazole rings is 1. The minimum Gasteiger partial charge on any atom is -0.493 e. The number of hydrogen-bond acceptors (Lipinski definition) is 3. The molecule has 1 N–H and O–H groups in total. The van der Waals surface area contributed by atoms with Crippen LogP contribution in [0.3, 0.4) is 0 Å². The van der Waals surface area contributed by atoms with Crippen LogP contribution in [0.25, 0.3) is 22.4 Å². The summed E-state index contributed by atoms with van der Waals surface area (Å²) >= 11 is 3.50.